The predicted octanol–water partition coefficient (Wildman–Crippen LogP) is 3.63. The van der Waals surface area contributed by atoms with Crippen molar-refractivity contribution < 1.29 is 19.5 Å². The van der Waals surface area contributed by atoms with Crippen molar-refractivity contribution in [3.05, 3.63) is 51.7 Å². The highest BCUT2D eigenvalue weighted by Crippen LogP contribution is 2.41. The van der Waals surface area contributed by atoms with Gasteiger partial charge >= 0.3 is 0 Å². The van der Waals surface area contributed by atoms with Crippen LogP contribution in [0.1, 0.15) is 11.3 Å². The fraction of sp³-hybridized carbons (Fsp3) is 0.300. The largest absolute Gasteiger partial charge is 0.504 e. The van der Waals surface area contributed by atoms with E-state index in [9.17, 15) is 15.2 Å². The van der Waals surface area contributed by atoms with E-state index in [1.807, 2.05) is 19.0 Å². The number of phenols is 1. The standard InChI is InChI=1S/C20H23N3O5/c1-12-19(23(25)26)14-7-9-17(27-4)15(11-21(2)3)20(14)22(12)13-6-8-18(28-5)16(24)10-13/h6-10,24H,11H2,1-5H3. The van der Waals surface area contributed by atoms with E-state index in [4.69, 9.17) is 9.47 Å². The van der Waals surface area contributed by atoms with Gasteiger partial charge in [0.25, 0.3) is 5.69 Å². The minimum Gasteiger partial charge on any atom is -0.504 e. The molecule has 1 N–H and O–H groups in total. The number of hydrogen-bond donors (Lipinski definition) is 1. The molecule has 3 aromatic rings. The second kappa shape index (κ2) is 7.40. The molecule has 148 valence electrons. The molecule has 0 saturated heterocycles. The zero-order chi connectivity index (χ0) is 20.6. The summed E-state index contributed by atoms with van der Waals surface area (Å²) in [6.45, 7) is 2.23. The molecular weight excluding hydrogens is 362 g/mol. The molecule has 0 unspecified atom stereocenters. The summed E-state index contributed by atoms with van der Waals surface area (Å²) in [4.78, 5) is 13.4. The molecule has 0 aliphatic carbocycles. The molecule has 8 nitrogen and oxygen atoms in total. The molecule has 0 aliphatic heterocycles. The minimum absolute atomic E-state index is 0.0352. The van der Waals surface area contributed by atoms with Gasteiger partial charge < -0.3 is 24.0 Å². The lowest BCUT2D eigenvalue weighted by Gasteiger charge is -2.17. The third kappa shape index (κ3) is 3.11. The lowest BCUT2D eigenvalue weighted by Crippen LogP contribution is -2.13. The van der Waals surface area contributed by atoms with Crippen LogP contribution in [0.15, 0.2) is 30.3 Å². The Balaban J connectivity index is 2.45. The second-order valence-corrected chi connectivity index (χ2v) is 6.76. The van der Waals surface area contributed by atoms with Crippen LogP contribution in [-0.4, -0.2) is 47.8 Å². The van der Waals surface area contributed by atoms with Gasteiger partial charge in [0.15, 0.2) is 11.5 Å². The van der Waals surface area contributed by atoms with Crippen LogP contribution < -0.4 is 9.47 Å². The topological polar surface area (TPSA) is 90.0 Å². The number of methoxy groups -OCH3 is 2. The molecule has 0 aliphatic rings. The molecule has 0 bridgehead atoms. The van der Waals surface area contributed by atoms with Gasteiger partial charge in [0.05, 0.1) is 41.4 Å². The zero-order valence-electron chi connectivity index (χ0n) is 16.5. The van der Waals surface area contributed by atoms with Crippen molar-refractivity contribution in [2.75, 3.05) is 28.3 Å². The first-order valence-electron chi connectivity index (χ1n) is 8.67. The van der Waals surface area contributed by atoms with Crippen molar-refractivity contribution in [3.63, 3.8) is 0 Å². The average Bonchev–Trinajstić information content (AvgIpc) is 2.94. The SMILES string of the molecule is COc1ccc(-n2c(C)c([N+](=O)[O-])c3ccc(OC)c(CN(C)C)c32)cc1O. The Labute approximate surface area is 162 Å². The Hall–Kier alpha value is -3.26. The van der Waals surface area contributed by atoms with Crippen LogP contribution in [0.25, 0.3) is 16.6 Å². The summed E-state index contributed by atoms with van der Waals surface area (Å²) in [6.07, 6.45) is 0. The van der Waals surface area contributed by atoms with Gasteiger partial charge in [-0.25, -0.2) is 0 Å². The van der Waals surface area contributed by atoms with Crippen LogP contribution in [0.2, 0.25) is 0 Å². The first-order chi connectivity index (χ1) is 13.3. The number of nitro groups is 1. The summed E-state index contributed by atoms with van der Waals surface area (Å²) in [5, 5.41) is 22.6. The molecule has 28 heavy (non-hydrogen) atoms. The molecular formula is C20H23N3O5. The Morgan fingerprint density at radius 2 is 1.79 bits per heavy atom. The molecule has 2 aromatic carbocycles. The highest BCUT2D eigenvalue weighted by Gasteiger charge is 2.28. The summed E-state index contributed by atoms with van der Waals surface area (Å²) in [6, 6.07) is 8.39. The number of rotatable bonds is 6. The number of aromatic nitrogens is 1. The molecule has 0 radical (unpaired) electrons. The fourth-order valence-electron chi connectivity index (χ4n) is 3.56. The normalized spacial score (nSPS) is 11.2. The first kappa shape index (κ1) is 19.5. The van der Waals surface area contributed by atoms with Gasteiger partial charge in [0, 0.05) is 18.2 Å². The first-order valence-corrected chi connectivity index (χ1v) is 8.67. The lowest BCUT2D eigenvalue weighted by molar-refractivity contribution is -0.383. The summed E-state index contributed by atoms with van der Waals surface area (Å²) in [5.74, 6) is 0.937. The van der Waals surface area contributed by atoms with Crippen molar-refractivity contribution in [2.24, 2.45) is 0 Å². The summed E-state index contributed by atoms with van der Waals surface area (Å²) < 4.78 is 12.4. The number of benzene rings is 2. The highest BCUT2D eigenvalue weighted by atomic mass is 16.6. The van der Waals surface area contributed by atoms with Crippen molar-refractivity contribution in [2.45, 2.75) is 13.5 Å². The summed E-state index contributed by atoms with van der Waals surface area (Å²) >= 11 is 0. The molecule has 1 aromatic heterocycles. The van der Waals surface area contributed by atoms with Crippen molar-refractivity contribution in [3.8, 4) is 22.9 Å². The van der Waals surface area contributed by atoms with Crippen LogP contribution in [0, 0.1) is 17.0 Å². The molecule has 0 spiro atoms. The summed E-state index contributed by atoms with van der Waals surface area (Å²) in [7, 11) is 6.89. The van der Waals surface area contributed by atoms with E-state index < -0.39 is 0 Å². The zero-order valence-corrected chi connectivity index (χ0v) is 16.5. The highest BCUT2D eigenvalue weighted by molar-refractivity contribution is 5.96. The van der Waals surface area contributed by atoms with E-state index in [1.54, 1.807) is 42.9 Å². The summed E-state index contributed by atoms with van der Waals surface area (Å²) in [5.41, 5.74) is 2.62. The number of nitrogens with zero attached hydrogens (tertiary/aromatic N) is 3. The van der Waals surface area contributed by atoms with Crippen LogP contribution in [0.5, 0.6) is 17.2 Å². The van der Waals surface area contributed by atoms with Gasteiger partial charge in [-0.05, 0) is 45.3 Å². The molecule has 1 heterocycles. The molecule has 0 fully saturated rings. The molecule has 3 rings (SSSR count). The Bertz CT molecular complexity index is 1060. The Kier molecular flexibility index (Phi) is 5.15. The molecule has 0 amide bonds. The number of phenolic OH excluding ortho intramolecular Hbond substituents is 1. The fourth-order valence-corrected chi connectivity index (χ4v) is 3.56. The molecule has 0 atom stereocenters. The second-order valence-electron chi connectivity index (χ2n) is 6.76. The van der Waals surface area contributed by atoms with Crippen LogP contribution in [0.3, 0.4) is 0 Å². The van der Waals surface area contributed by atoms with E-state index in [-0.39, 0.29) is 16.4 Å². The van der Waals surface area contributed by atoms with Crippen LogP contribution >= 0.6 is 0 Å². The van der Waals surface area contributed by atoms with E-state index in [1.165, 1.54) is 13.2 Å². The maximum Gasteiger partial charge on any atom is 0.298 e. The van der Waals surface area contributed by atoms with Gasteiger partial charge in [-0.15, -0.1) is 0 Å². The van der Waals surface area contributed by atoms with E-state index in [2.05, 4.69) is 0 Å². The van der Waals surface area contributed by atoms with Crippen molar-refractivity contribution in [1.29, 1.82) is 0 Å². The van der Waals surface area contributed by atoms with Gasteiger partial charge in [0.2, 0.25) is 0 Å². The van der Waals surface area contributed by atoms with Crippen LogP contribution in [-0.2, 0) is 6.54 Å². The maximum absolute atomic E-state index is 11.8. The average molecular weight is 385 g/mol. The number of ether oxygens (including phenoxy) is 2. The molecule has 8 heteroatoms. The quantitative estimate of drug-likeness (QED) is 0.515. The minimum atomic E-state index is -0.372. The van der Waals surface area contributed by atoms with Gasteiger partial charge in [-0.3, -0.25) is 10.1 Å². The van der Waals surface area contributed by atoms with Crippen molar-refractivity contribution >= 4 is 16.6 Å². The molecule has 0 saturated carbocycles. The van der Waals surface area contributed by atoms with Crippen molar-refractivity contribution in [1.82, 2.24) is 9.47 Å². The van der Waals surface area contributed by atoms with Gasteiger partial charge in [0.1, 0.15) is 5.75 Å². The van der Waals surface area contributed by atoms with E-state index in [0.717, 1.165) is 5.56 Å². The Morgan fingerprint density at radius 1 is 1.14 bits per heavy atom. The van der Waals surface area contributed by atoms with Gasteiger partial charge in [-0.1, -0.05) is 0 Å². The maximum atomic E-state index is 11.8. The van der Waals surface area contributed by atoms with E-state index in [0.29, 0.717) is 40.3 Å². The van der Waals surface area contributed by atoms with Gasteiger partial charge in [-0.2, -0.15) is 0 Å². The van der Waals surface area contributed by atoms with E-state index >= 15 is 0 Å². The smallest absolute Gasteiger partial charge is 0.298 e. The lowest BCUT2D eigenvalue weighted by atomic mass is 10.1. The number of aromatic hydroxyl groups is 1. The predicted molar refractivity (Wildman–Crippen MR) is 107 cm³/mol. The third-order valence-corrected chi connectivity index (χ3v) is 4.69. The third-order valence-electron chi connectivity index (χ3n) is 4.69. The Morgan fingerprint density at radius 3 is 2.32 bits per heavy atom. The number of fused-ring (bicyclic) bond motifs is 1. The van der Waals surface area contributed by atoms with Crippen LogP contribution in [0.4, 0.5) is 5.69 Å². The number of hydrogen-bond acceptors (Lipinski definition) is 6. The monoisotopic (exact) mass is 385 g/mol.